The van der Waals surface area contributed by atoms with Gasteiger partial charge in [0.2, 0.25) is 0 Å². The predicted octanol–water partition coefficient (Wildman–Crippen LogP) is 6.86. The molecule has 2 heteroatoms. The maximum Gasteiger partial charge on any atom is 0.127 e. The van der Waals surface area contributed by atoms with Gasteiger partial charge in [-0.1, -0.05) is 51.7 Å². The summed E-state index contributed by atoms with van der Waals surface area (Å²) in [5.41, 5.74) is 3.51. The molecule has 0 saturated heterocycles. The summed E-state index contributed by atoms with van der Waals surface area (Å²) in [6.45, 7) is 13.4. The molecule has 1 aromatic carbocycles. The van der Waals surface area contributed by atoms with Crippen LogP contribution in [0.15, 0.2) is 23.8 Å². The number of hydrogen-bond acceptors (Lipinski definition) is 2. The summed E-state index contributed by atoms with van der Waals surface area (Å²) in [5.74, 6) is 2.12. The van der Waals surface area contributed by atoms with Gasteiger partial charge in [-0.15, -0.1) is 0 Å². The van der Waals surface area contributed by atoms with Gasteiger partial charge in [0.1, 0.15) is 17.1 Å². The van der Waals surface area contributed by atoms with E-state index in [1.165, 1.54) is 30.4 Å². The molecule has 2 nitrogen and oxygen atoms in total. The van der Waals surface area contributed by atoms with Gasteiger partial charge in [-0.2, -0.15) is 0 Å². The Morgan fingerprint density at radius 3 is 2.65 bits per heavy atom. The summed E-state index contributed by atoms with van der Waals surface area (Å²) >= 11 is 0. The summed E-state index contributed by atoms with van der Waals surface area (Å²) in [6, 6.07) is 4.23. The molecule has 1 aromatic rings. The van der Waals surface area contributed by atoms with Crippen LogP contribution in [-0.2, 0) is 5.41 Å². The van der Waals surface area contributed by atoms with E-state index in [0.29, 0.717) is 17.6 Å². The summed E-state index contributed by atoms with van der Waals surface area (Å²) in [4.78, 5) is 0. The lowest BCUT2D eigenvalue weighted by Gasteiger charge is -2.47. The minimum absolute atomic E-state index is 0.0500. The van der Waals surface area contributed by atoms with Crippen molar-refractivity contribution in [2.24, 2.45) is 5.92 Å². The highest BCUT2D eigenvalue weighted by atomic mass is 16.5. The van der Waals surface area contributed by atoms with Crippen LogP contribution in [0.4, 0.5) is 0 Å². The lowest BCUT2D eigenvalue weighted by Crippen LogP contribution is -2.45. The normalized spacial score (nSPS) is 24.3. The molecule has 0 spiro atoms. The van der Waals surface area contributed by atoms with E-state index < -0.39 is 0 Å². The third kappa shape index (κ3) is 3.52. The number of ether oxygens (including phenoxy) is 1. The van der Waals surface area contributed by atoms with E-state index in [0.717, 1.165) is 30.6 Å². The SMILES string of the molecule is CCCCCC(C)(C)c1cc(O)c2c(c1)OC(C)(C)[C@@H]1CC=C(C)C[C@@H]21. The second-order valence-electron chi connectivity index (χ2n) is 9.66. The first kappa shape index (κ1) is 19.3. The first-order chi connectivity index (χ1) is 12.2. The van der Waals surface area contributed by atoms with Gasteiger partial charge >= 0.3 is 0 Å². The predicted molar refractivity (Wildman–Crippen MR) is 109 cm³/mol. The first-order valence-electron chi connectivity index (χ1n) is 10.4. The molecule has 0 bridgehead atoms. The van der Waals surface area contributed by atoms with Gasteiger partial charge in [-0.25, -0.2) is 0 Å². The molecule has 1 heterocycles. The molecular weight excluding hydrogens is 320 g/mol. The zero-order valence-corrected chi connectivity index (χ0v) is 17.5. The summed E-state index contributed by atoms with van der Waals surface area (Å²) in [6.07, 6.45) is 9.26. The van der Waals surface area contributed by atoms with Crippen molar-refractivity contribution in [2.45, 2.75) is 97.0 Å². The van der Waals surface area contributed by atoms with E-state index in [9.17, 15) is 5.11 Å². The summed E-state index contributed by atoms with van der Waals surface area (Å²) in [5, 5.41) is 11.0. The molecule has 144 valence electrons. The number of unbranched alkanes of at least 4 members (excludes halogenated alkanes) is 2. The van der Waals surface area contributed by atoms with Crippen molar-refractivity contribution in [3.63, 3.8) is 0 Å². The molecular formula is C24H36O2. The molecule has 0 unspecified atom stereocenters. The van der Waals surface area contributed by atoms with Crippen molar-refractivity contribution >= 4 is 0 Å². The number of hydrogen-bond donors (Lipinski definition) is 1. The van der Waals surface area contributed by atoms with Crippen LogP contribution >= 0.6 is 0 Å². The van der Waals surface area contributed by atoms with E-state index in [1.54, 1.807) is 0 Å². The van der Waals surface area contributed by atoms with Gasteiger partial charge in [0.25, 0.3) is 0 Å². The molecule has 1 N–H and O–H groups in total. The second-order valence-corrected chi connectivity index (χ2v) is 9.66. The average molecular weight is 357 g/mol. The average Bonchev–Trinajstić information content (AvgIpc) is 2.53. The molecule has 3 rings (SSSR count). The molecule has 26 heavy (non-hydrogen) atoms. The summed E-state index contributed by atoms with van der Waals surface area (Å²) in [7, 11) is 0. The zero-order valence-electron chi connectivity index (χ0n) is 17.5. The standard InChI is InChI=1S/C24H36O2/c1-7-8-9-12-23(3,4)17-14-20(25)22-18-13-16(2)10-11-19(18)24(5,6)26-21(22)15-17/h10,14-15,18-19,25H,7-9,11-13H2,1-6H3/t18-,19-/m1/s1. The van der Waals surface area contributed by atoms with Gasteiger partial charge in [-0.05, 0) is 63.1 Å². The van der Waals surface area contributed by atoms with Gasteiger partial charge in [0.15, 0.2) is 0 Å². The first-order valence-corrected chi connectivity index (χ1v) is 10.4. The Kier molecular flexibility index (Phi) is 5.16. The minimum Gasteiger partial charge on any atom is -0.508 e. The highest BCUT2D eigenvalue weighted by molar-refractivity contribution is 5.54. The third-order valence-electron chi connectivity index (χ3n) is 6.69. The zero-order chi connectivity index (χ0) is 19.1. The largest absolute Gasteiger partial charge is 0.508 e. The van der Waals surface area contributed by atoms with E-state index in [2.05, 4.69) is 53.7 Å². The Hall–Kier alpha value is -1.44. The molecule has 0 saturated carbocycles. The Morgan fingerprint density at radius 2 is 1.96 bits per heavy atom. The smallest absolute Gasteiger partial charge is 0.127 e. The fraction of sp³-hybridized carbons (Fsp3) is 0.667. The van der Waals surface area contributed by atoms with Crippen LogP contribution in [0.1, 0.15) is 97.1 Å². The number of aromatic hydroxyl groups is 1. The van der Waals surface area contributed by atoms with Crippen molar-refractivity contribution in [1.29, 1.82) is 0 Å². The molecule has 2 aliphatic rings. The maximum atomic E-state index is 11.0. The van der Waals surface area contributed by atoms with Crippen LogP contribution in [0.5, 0.6) is 11.5 Å². The van der Waals surface area contributed by atoms with E-state index >= 15 is 0 Å². The van der Waals surface area contributed by atoms with Gasteiger partial charge in [0.05, 0.1) is 0 Å². The number of fused-ring (bicyclic) bond motifs is 3. The van der Waals surface area contributed by atoms with Gasteiger partial charge in [0, 0.05) is 17.4 Å². The number of phenols is 1. The quantitative estimate of drug-likeness (QED) is 0.461. The Morgan fingerprint density at radius 1 is 1.23 bits per heavy atom. The maximum absolute atomic E-state index is 11.0. The summed E-state index contributed by atoms with van der Waals surface area (Å²) < 4.78 is 6.48. The van der Waals surface area contributed by atoms with Crippen LogP contribution in [-0.4, -0.2) is 10.7 Å². The molecule has 1 aliphatic heterocycles. The van der Waals surface area contributed by atoms with E-state index in [-0.39, 0.29) is 11.0 Å². The third-order valence-corrected chi connectivity index (χ3v) is 6.69. The van der Waals surface area contributed by atoms with Gasteiger partial charge in [-0.3, -0.25) is 0 Å². The van der Waals surface area contributed by atoms with Crippen molar-refractivity contribution in [3.8, 4) is 11.5 Å². The fourth-order valence-corrected chi connectivity index (χ4v) is 4.92. The van der Waals surface area contributed by atoms with Crippen molar-refractivity contribution < 1.29 is 9.84 Å². The Balaban J connectivity index is 1.99. The van der Waals surface area contributed by atoms with Crippen LogP contribution in [0, 0.1) is 5.92 Å². The number of phenolic OH excluding ortho intramolecular Hbond substituents is 1. The molecule has 0 radical (unpaired) electrons. The second kappa shape index (κ2) is 6.94. The van der Waals surface area contributed by atoms with Crippen LogP contribution in [0.2, 0.25) is 0 Å². The number of allylic oxidation sites excluding steroid dienone is 2. The van der Waals surface area contributed by atoms with Crippen molar-refractivity contribution in [3.05, 3.63) is 34.9 Å². The monoisotopic (exact) mass is 356 g/mol. The lowest BCUT2D eigenvalue weighted by molar-refractivity contribution is 0.00741. The molecule has 0 fully saturated rings. The topological polar surface area (TPSA) is 29.5 Å². The highest BCUT2D eigenvalue weighted by Gasteiger charge is 2.46. The number of rotatable bonds is 5. The Bertz CT molecular complexity index is 696. The molecule has 2 atom stereocenters. The van der Waals surface area contributed by atoms with Crippen LogP contribution in [0.3, 0.4) is 0 Å². The fourth-order valence-electron chi connectivity index (χ4n) is 4.92. The minimum atomic E-state index is -0.202. The van der Waals surface area contributed by atoms with Crippen LogP contribution < -0.4 is 4.74 Å². The lowest BCUT2D eigenvalue weighted by atomic mass is 9.66. The Labute approximate surface area is 159 Å². The van der Waals surface area contributed by atoms with Crippen molar-refractivity contribution in [1.82, 2.24) is 0 Å². The number of benzene rings is 1. The molecule has 0 amide bonds. The van der Waals surface area contributed by atoms with Crippen LogP contribution in [0.25, 0.3) is 0 Å². The van der Waals surface area contributed by atoms with E-state index in [1.807, 2.05) is 6.07 Å². The van der Waals surface area contributed by atoms with Gasteiger partial charge < -0.3 is 9.84 Å². The molecule has 0 aromatic heterocycles. The highest BCUT2D eigenvalue weighted by Crippen LogP contribution is 2.54. The van der Waals surface area contributed by atoms with E-state index in [4.69, 9.17) is 4.74 Å². The van der Waals surface area contributed by atoms with Crippen molar-refractivity contribution in [2.75, 3.05) is 0 Å². The molecule has 1 aliphatic carbocycles.